The number of hydrazone groups is 1. The van der Waals surface area contributed by atoms with E-state index in [1.165, 1.54) is 0 Å². The van der Waals surface area contributed by atoms with Crippen molar-refractivity contribution in [3.63, 3.8) is 0 Å². The minimum absolute atomic E-state index is 0.295. The van der Waals surface area contributed by atoms with Crippen molar-refractivity contribution in [2.75, 3.05) is 0 Å². The summed E-state index contributed by atoms with van der Waals surface area (Å²) in [5.41, 5.74) is 7.52. The van der Waals surface area contributed by atoms with Crippen LogP contribution in [0.2, 0.25) is 5.02 Å². The van der Waals surface area contributed by atoms with Crippen LogP contribution in [0.15, 0.2) is 78.0 Å². The number of aryl methyl sites for hydroxylation is 1. The van der Waals surface area contributed by atoms with Crippen LogP contribution < -0.4 is 5.43 Å². The number of nitrogens with one attached hydrogen (secondary N) is 2. The van der Waals surface area contributed by atoms with Gasteiger partial charge in [-0.15, -0.1) is 0 Å². The summed E-state index contributed by atoms with van der Waals surface area (Å²) in [5.74, 6) is 0.366. The van der Waals surface area contributed by atoms with E-state index in [1.54, 1.807) is 24.4 Å². The first-order chi connectivity index (χ1) is 15.6. The number of H-pyrrole nitrogens is 1. The van der Waals surface area contributed by atoms with Gasteiger partial charge in [-0.1, -0.05) is 41.9 Å². The summed E-state index contributed by atoms with van der Waals surface area (Å²) < 4.78 is 2.15. The highest BCUT2D eigenvalue weighted by atomic mass is 35.5. The van der Waals surface area contributed by atoms with Gasteiger partial charge in [-0.25, -0.2) is 10.4 Å². The highest BCUT2D eigenvalue weighted by Gasteiger charge is 2.11. The third-order valence-corrected chi connectivity index (χ3v) is 5.73. The van der Waals surface area contributed by atoms with Gasteiger partial charge in [0.15, 0.2) is 0 Å². The van der Waals surface area contributed by atoms with Gasteiger partial charge in [0.2, 0.25) is 0 Å². The number of hydrogen-bond acceptors (Lipinski definition) is 3. The van der Waals surface area contributed by atoms with Crippen molar-refractivity contribution in [1.82, 2.24) is 20.0 Å². The maximum atomic E-state index is 12.6. The Hall–Kier alpha value is -3.90. The van der Waals surface area contributed by atoms with Gasteiger partial charge in [-0.3, -0.25) is 4.79 Å². The Bertz CT molecular complexity index is 1480. The highest BCUT2D eigenvalue weighted by Crippen LogP contribution is 2.27. The summed E-state index contributed by atoms with van der Waals surface area (Å²) in [6.07, 6.45) is 3.71. The largest absolute Gasteiger partial charge is 0.347 e. The Morgan fingerprint density at radius 2 is 1.97 bits per heavy atom. The summed E-state index contributed by atoms with van der Waals surface area (Å²) in [6, 6.07) is 20.9. The molecule has 0 spiro atoms. The van der Waals surface area contributed by atoms with Crippen LogP contribution in [0.4, 0.5) is 0 Å². The topological polar surface area (TPSA) is 75.1 Å². The van der Waals surface area contributed by atoms with Crippen LogP contribution in [0.5, 0.6) is 0 Å². The van der Waals surface area contributed by atoms with Crippen molar-refractivity contribution in [3.05, 3.63) is 89.1 Å². The number of carbonyl (C=O) groups excluding carboxylic acids is 1. The van der Waals surface area contributed by atoms with Gasteiger partial charge in [0.1, 0.15) is 5.82 Å². The fraction of sp³-hybridized carbons (Fsp3) is 0.0800. The number of para-hydroxylation sites is 1. The number of hydrogen-bond donors (Lipinski definition) is 2. The second-order valence-corrected chi connectivity index (χ2v) is 7.79. The fourth-order valence-corrected chi connectivity index (χ4v) is 4.02. The molecule has 0 aliphatic carbocycles. The molecule has 2 N–H and O–H groups in total. The molecule has 0 unspecified atom stereocenters. The Kier molecular flexibility index (Phi) is 5.21. The molecule has 5 aromatic rings. The van der Waals surface area contributed by atoms with Gasteiger partial charge in [0.05, 0.1) is 22.3 Å². The van der Waals surface area contributed by atoms with Gasteiger partial charge in [0, 0.05) is 40.3 Å². The zero-order valence-corrected chi connectivity index (χ0v) is 18.1. The number of imidazole rings is 1. The Morgan fingerprint density at radius 1 is 1.16 bits per heavy atom. The number of aromatic amines is 1. The summed E-state index contributed by atoms with van der Waals surface area (Å²) in [5, 5.41) is 5.89. The third kappa shape index (κ3) is 3.65. The Labute approximate surface area is 189 Å². The summed E-state index contributed by atoms with van der Waals surface area (Å²) >= 11 is 6.28. The van der Waals surface area contributed by atoms with E-state index in [2.05, 4.69) is 38.1 Å². The van der Waals surface area contributed by atoms with Crippen LogP contribution in [0.1, 0.15) is 22.8 Å². The zero-order valence-electron chi connectivity index (χ0n) is 17.3. The number of amides is 1. The number of carbonyl (C=O) groups is 1. The lowest BCUT2D eigenvalue weighted by atomic mass is 10.2. The molecular formula is C25H20ClN5O. The quantitative estimate of drug-likeness (QED) is 0.274. The average Bonchev–Trinajstić information content (AvgIpc) is 3.40. The number of halogens is 1. The number of benzene rings is 3. The van der Waals surface area contributed by atoms with Crippen LogP contribution in [0.25, 0.3) is 33.3 Å². The smallest absolute Gasteiger partial charge is 0.271 e. The molecular weight excluding hydrogens is 422 g/mol. The first kappa shape index (κ1) is 20.0. The number of nitrogens with zero attached hydrogens (tertiary/aromatic N) is 3. The van der Waals surface area contributed by atoms with Crippen LogP contribution >= 0.6 is 11.6 Å². The SMILES string of the molecule is CCn1cc(/C=N/NC(=O)c2ccc3nc(-c4ccccc4Cl)[nH]c3c2)c2ccccc21. The lowest BCUT2D eigenvalue weighted by Gasteiger charge is -1.99. The lowest BCUT2D eigenvalue weighted by Crippen LogP contribution is -2.17. The molecule has 32 heavy (non-hydrogen) atoms. The Morgan fingerprint density at radius 3 is 2.81 bits per heavy atom. The molecule has 158 valence electrons. The van der Waals surface area contributed by atoms with E-state index in [1.807, 2.05) is 48.7 Å². The van der Waals surface area contributed by atoms with Crippen molar-refractivity contribution in [3.8, 4) is 11.4 Å². The molecule has 1 amide bonds. The monoisotopic (exact) mass is 441 g/mol. The van der Waals surface area contributed by atoms with Crippen LogP contribution in [-0.2, 0) is 6.54 Å². The van der Waals surface area contributed by atoms with Crippen LogP contribution in [0, 0.1) is 0 Å². The van der Waals surface area contributed by atoms with Crippen molar-refractivity contribution in [2.45, 2.75) is 13.5 Å². The summed E-state index contributed by atoms with van der Waals surface area (Å²) in [7, 11) is 0. The maximum absolute atomic E-state index is 12.6. The molecule has 0 fully saturated rings. The predicted octanol–water partition coefficient (Wildman–Crippen LogP) is 5.62. The second-order valence-electron chi connectivity index (χ2n) is 7.38. The van der Waals surface area contributed by atoms with Crippen molar-refractivity contribution < 1.29 is 4.79 Å². The van der Waals surface area contributed by atoms with Gasteiger partial charge in [0.25, 0.3) is 5.91 Å². The molecule has 0 aliphatic rings. The van der Waals surface area contributed by atoms with E-state index in [4.69, 9.17) is 11.6 Å². The van der Waals surface area contributed by atoms with E-state index in [9.17, 15) is 4.79 Å². The molecule has 2 aromatic heterocycles. The molecule has 0 saturated heterocycles. The third-order valence-electron chi connectivity index (χ3n) is 5.40. The number of fused-ring (bicyclic) bond motifs is 2. The number of rotatable bonds is 5. The normalized spacial score (nSPS) is 11.6. The van der Waals surface area contributed by atoms with Crippen LogP contribution in [0.3, 0.4) is 0 Å². The fourth-order valence-electron chi connectivity index (χ4n) is 3.80. The van der Waals surface area contributed by atoms with E-state index in [0.29, 0.717) is 16.4 Å². The van der Waals surface area contributed by atoms with Gasteiger partial charge in [-0.05, 0) is 43.3 Å². The number of aromatic nitrogens is 3. The van der Waals surface area contributed by atoms with Crippen molar-refractivity contribution in [1.29, 1.82) is 0 Å². The van der Waals surface area contributed by atoms with Gasteiger partial charge in [-0.2, -0.15) is 5.10 Å². The summed E-state index contributed by atoms with van der Waals surface area (Å²) in [6.45, 7) is 2.96. The molecule has 0 atom stereocenters. The molecule has 3 aromatic carbocycles. The first-order valence-corrected chi connectivity index (χ1v) is 10.7. The van der Waals surface area contributed by atoms with Crippen molar-refractivity contribution >= 4 is 45.7 Å². The summed E-state index contributed by atoms with van der Waals surface area (Å²) in [4.78, 5) is 20.5. The molecule has 2 heterocycles. The van der Waals surface area contributed by atoms with E-state index < -0.39 is 0 Å². The standard InChI is InChI=1S/C25H20ClN5O/c1-2-31-15-17(18-7-4-6-10-23(18)31)14-27-30-25(32)16-11-12-21-22(13-16)29-24(28-21)19-8-3-5-9-20(19)26/h3-15H,2H2,1H3,(H,28,29)(H,30,32)/b27-14+. The second kappa shape index (κ2) is 8.32. The van der Waals surface area contributed by atoms with E-state index in [0.717, 1.165) is 39.6 Å². The molecule has 5 rings (SSSR count). The van der Waals surface area contributed by atoms with Crippen molar-refractivity contribution in [2.24, 2.45) is 5.10 Å². The molecule has 0 aliphatic heterocycles. The molecule has 7 heteroatoms. The van der Waals surface area contributed by atoms with E-state index >= 15 is 0 Å². The molecule has 0 radical (unpaired) electrons. The minimum atomic E-state index is -0.295. The maximum Gasteiger partial charge on any atom is 0.271 e. The predicted molar refractivity (Wildman–Crippen MR) is 129 cm³/mol. The van der Waals surface area contributed by atoms with Gasteiger partial charge < -0.3 is 9.55 Å². The molecule has 6 nitrogen and oxygen atoms in total. The minimum Gasteiger partial charge on any atom is -0.347 e. The van der Waals surface area contributed by atoms with Crippen LogP contribution in [-0.4, -0.2) is 26.7 Å². The molecule has 0 saturated carbocycles. The van der Waals surface area contributed by atoms with E-state index in [-0.39, 0.29) is 5.91 Å². The lowest BCUT2D eigenvalue weighted by molar-refractivity contribution is 0.0955. The average molecular weight is 442 g/mol. The van der Waals surface area contributed by atoms with Gasteiger partial charge >= 0.3 is 0 Å². The Balaban J connectivity index is 1.37. The first-order valence-electron chi connectivity index (χ1n) is 10.3. The zero-order chi connectivity index (χ0) is 22.1. The molecule has 0 bridgehead atoms. The highest BCUT2D eigenvalue weighted by molar-refractivity contribution is 6.33.